The van der Waals surface area contributed by atoms with Gasteiger partial charge in [0.1, 0.15) is 6.04 Å². The Balaban J connectivity index is 1.61. The van der Waals surface area contributed by atoms with E-state index in [-0.39, 0.29) is 12.8 Å². The summed E-state index contributed by atoms with van der Waals surface area (Å²) in [5, 5.41) is 17.1. The zero-order valence-corrected chi connectivity index (χ0v) is 16.3. The molecular weight excluding hydrogens is 378 g/mol. The third-order valence-electron chi connectivity index (χ3n) is 5.46. The number of hydrogen-bond donors (Lipinski definition) is 2. The first-order chi connectivity index (χ1) is 13.9. The van der Waals surface area contributed by atoms with E-state index in [1.54, 1.807) is 7.05 Å². The summed E-state index contributed by atoms with van der Waals surface area (Å²) < 4.78 is 7.74. The van der Waals surface area contributed by atoms with Gasteiger partial charge in [0.2, 0.25) is 0 Å². The monoisotopic (exact) mass is 401 g/mol. The summed E-state index contributed by atoms with van der Waals surface area (Å²) in [6.07, 6.45) is 1.49. The number of anilines is 1. The van der Waals surface area contributed by atoms with E-state index < -0.39 is 24.1 Å². The van der Waals surface area contributed by atoms with Crippen molar-refractivity contribution in [2.24, 2.45) is 0 Å². The molecule has 4 amide bonds. The average Bonchev–Trinajstić information content (AvgIpc) is 3.27. The van der Waals surface area contributed by atoms with Crippen LogP contribution in [0, 0.1) is 6.92 Å². The van der Waals surface area contributed by atoms with E-state index in [0.717, 1.165) is 35.9 Å². The summed E-state index contributed by atoms with van der Waals surface area (Å²) in [5.41, 5.74) is 2.38. The number of amides is 4. The van der Waals surface area contributed by atoms with Crippen molar-refractivity contribution in [3.63, 3.8) is 0 Å². The van der Waals surface area contributed by atoms with Gasteiger partial charge in [-0.15, -0.1) is 0 Å². The Bertz CT molecular complexity index is 981. The van der Waals surface area contributed by atoms with E-state index in [0.29, 0.717) is 17.2 Å². The Morgan fingerprint density at radius 3 is 2.79 bits per heavy atom. The van der Waals surface area contributed by atoms with E-state index in [2.05, 4.69) is 10.4 Å². The molecule has 2 fully saturated rings. The number of nitrogens with one attached hydrogen (secondary N) is 1. The molecule has 10 heteroatoms. The Labute approximate surface area is 167 Å². The molecule has 3 heterocycles. The summed E-state index contributed by atoms with van der Waals surface area (Å²) in [5.74, 6) is -0.391. The molecule has 29 heavy (non-hydrogen) atoms. The lowest BCUT2D eigenvalue weighted by Crippen LogP contribution is -2.44. The molecular formula is C19H23N5O5. The average molecular weight is 401 g/mol. The highest BCUT2D eigenvalue weighted by atomic mass is 16.5. The molecule has 2 saturated heterocycles. The molecule has 0 spiro atoms. The molecule has 2 atom stereocenters. The molecule has 10 nitrogen and oxygen atoms in total. The fraction of sp³-hybridized carbons (Fsp3) is 0.474. The highest BCUT2D eigenvalue weighted by Crippen LogP contribution is 2.30. The second kappa shape index (κ2) is 7.36. The van der Waals surface area contributed by atoms with Crippen molar-refractivity contribution < 1.29 is 24.2 Å². The van der Waals surface area contributed by atoms with Crippen LogP contribution in [0.15, 0.2) is 18.2 Å². The van der Waals surface area contributed by atoms with Crippen molar-refractivity contribution in [2.75, 3.05) is 25.1 Å². The molecule has 154 valence electrons. The number of aromatic nitrogens is 2. The standard InChI is InChI=1S/C19H23N5O5/c1-11-13-7-6-12(9-15(13)24(21-11)16-5-3-4-8-29-16)22(2)17(25)14-10-23(19(27)28)18(26)20-14/h6-7,9,14,16H,3-5,8,10H2,1-2H3,(H,20,26)(H,27,28)/t14-,16?/m0/s1. The highest BCUT2D eigenvalue weighted by molar-refractivity contribution is 6.04. The van der Waals surface area contributed by atoms with E-state index in [1.165, 1.54) is 4.90 Å². The van der Waals surface area contributed by atoms with Crippen LogP contribution in [-0.4, -0.2) is 64.1 Å². The Morgan fingerprint density at radius 1 is 1.34 bits per heavy atom. The minimum atomic E-state index is -1.38. The molecule has 0 aliphatic carbocycles. The number of benzene rings is 1. The fourth-order valence-electron chi connectivity index (χ4n) is 3.83. The van der Waals surface area contributed by atoms with Gasteiger partial charge in [-0.3, -0.25) is 4.79 Å². The maximum Gasteiger partial charge on any atom is 0.415 e. The molecule has 2 aromatic rings. The Hall–Kier alpha value is -3.14. The molecule has 0 radical (unpaired) electrons. The largest absolute Gasteiger partial charge is 0.465 e. The molecule has 2 aliphatic heterocycles. The number of carbonyl (C=O) groups excluding carboxylic acids is 2. The van der Waals surface area contributed by atoms with Gasteiger partial charge in [-0.2, -0.15) is 5.10 Å². The Kier molecular flexibility index (Phi) is 4.87. The van der Waals surface area contributed by atoms with Gasteiger partial charge in [-0.1, -0.05) is 0 Å². The summed E-state index contributed by atoms with van der Waals surface area (Å²) in [6, 6.07) is 3.88. The second-order valence-electron chi connectivity index (χ2n) is 7.35. The number of rotatable bonds is 3. The zero-order chi connectivity index (χ0) is 20.7. The van der Waals surface area contributed by atoms with E-state index in [4.69, 9.17) is 9.84 Å². The smallest absolute Gasteiger partial charge is 0.415 e. The van der Waals surface area contributed by atoms with Crippen LogP contribution in [0.2, 0.25) is 0 Å². The van der Waals surface area contributed by atoms with Crippen LogP contribution in [0.4, 0.5) is 15.3 Å². The minimum Gasteiger partial charge on any atom is -0.465 e. The number of imide groups is 1. The lowest BCUT2D eigenvalue weighted by molar-refractivity contribution is -0.119. The van der Waals surface area contributed by atoms with E-state index in [9.17, 15) is 14.4 Å². The predicted molar refractivity (Wildman–Crippen MR) is 104 cm³/mol. The molecule has 1 aromatic carbocycles. The van der Waals surface area contributed by atoms with Gasteiger partial charge in [0.15, 0.2) is 6.23 Å². The maximum atomic E-state index is 12.8. The van der Waals surface area contributed by atoms with Crippen LogP contribution in [0.3, 0.4) is 0 Å². The SMILES string of the molecule is Cc1nn(C2CCCCO2)c2cc(N(C)C(=O)[C@@H]3CN(C(=O)O)C(=O)N3)ccc12. The number of fused-ring (bicyclic) bond motifs is 1. The van der Waals surface area contributed by atoms with Crippen molar-refractivity contribution >= 4 is 34.6 Å². The first-order valence-corrected chi connectivity index (χ1v) is 9.56. The summed E-state index contributed by atoms with van der Waals surface area (Å²) >= 11 is 0. The number of carbonyl (C=O) groups is 3. The van der Waals surface area contributed by atoms with Crippen molar-refractivity contribution in [2.45, 2.75) is 38.5 Å². The van der Waals surface area contributed by atoms with Gasteiger partial charge < -0.3 is 20.1 Å². The minimum absolute atomic E-state index is 0.130. The van der Waals surface area contributed by atoms with Gasteiger partial charge >= 0.3 is 12.1 Å². The van der Waals surface area contributed by atoms with Gasteiger partial charge in [-0.05, 0) is 44.4 Å². The van der Waals surface area contributed by atoms with Crippen LogP contribution in [0.5, 0.6) is 0 Å². The number of ether oxygens (including phenoxy) is 1. The van der Waals surface area contributed by atoms with Crippen LogP contribution < -0.4 is 10.2 Å². The number of aryl methyl sites for hydroxylation is 1. The third-order valence-corrected chi connectivity index (χ3v) is 5.46. The maximum absolute atomic E-state index is 12.8. The topological polar surface area (TPSA) is 117 Å². The Morgan fingerprint density at radius 2 is 2.14 bits per heavy atom. The summed E-state index contributed by atoms with van der Waals surface area (Å²) in [7, 11) is 1.60. The van der Waals surface area contributed by atoms with E-state index in [1.807, 2.05) is 29.8 Å². The van der Waals surface area contributed by atoms with Crippen LogP contribution >= 0.6 is 0 Å². The predicted octanol–water partition coefficient (Wildman–Crippen LogP) is 2.08. The highest BCUT2D eigenvalue weighted by Gasteiger charge is 2.38. The lowest BCUT2D eigenvalue weighted by Gasteiger charge is -2.24. The number of nitrogens with zero attached hydrogens (tertiary/aromatic N) is 4. The first kappa shape index (κ1) is 19.2. The van der Waals surface area contributed by atoms with Crippen molar-refractivity contribution in [3.8, 4) is 0 Å². The van der Waals surface area contributed by atoms with Gasteiger partial charge in [0.05, 0.1) is 17.8 Å². The van der Waals surface area contributed by atoms with Crippen molar-refractivity contribution in [1.29, 1.82) is 0 Å². The molecule has 2 N–H and O–H groups in total. The lowest BCUT2D eigenvalue weighted by atomic mass is 10.1. The summed E-state index contributed by atoms with van der Waals surface area (Å²) in [6.45, 7) is 2.42. The molecule has 0 saturated carbocycles. The third kappa shape index (κ3) is 3.39. The van der Waals surface area contributed by atoms with Crippen LogP contribution in [-0.2, 0) is 9.53 Å². The quantitative estimate of drug-likeness (QED) is 0.813. The van der Waals surface area contributed by atoms with Crippen LogP contribution in [0.25, 0.3) is 10.9 Å². The number of urea groups is 1. The number of carboxylic acid groups (broad SMARTS) is 1. The van der Waals surface area contributed by atoms with E-state index >= 15 is 0 Å². The molecule has 4 rings (SSSR count). The number of likely N-dealkylation sites (N-methyl/N-ethyl adjacent to an activating group) is 1. The normalized spacial score (nSPS) is 22.0. The second-order valence-corrected chi connectivity index (χ2v) is 7.35. The van der Waals surface area contributed by atoms with Crippen LogP contribution in [0.1, 0.15) is 31.2 Å². The van der Waals surface area contributed by atoms with Gasteiger partial charge in [0.25, 0.3) is 5.91 Å². The molecule has 1 unspecified atom stereocenters. The number of hydrogen-bond acceptors (Lipinski definition) is 5. The zero-order valence-electron chi connectivity index (χ0n) is 16.3. The van der Waals surface area contributed by atoms with Crippen molar-refractivity contribution in [3.05, 3.63) is 23.9 Å². The molecule has 0 bridgehead atoms. The fourth-order valence-corrected chi connectivity index (χ4v) is 3.83. The molecule has 2 aliphatic rings. The first-order valence-electron chi connectivity index (χ1n) is 9.56. The molecule has 1 aromatic heterocycles. The van der Waals surface area contributed by atoms with Gasteiger partial charge in [0, 0.05) is 24.7 Å². The van der Waals surface area contributed by atoms with Crippen molar-refractivity contribution in [1.82, 2.24) is 20.0 Å². The summed E-state index contributed by atoms with van der Waals surface area (Å²) in [4.78, 5) is 37.6. The van der Waals surface area contributed by atoms with Gasteiger partial charge in [-0.25, -0.2) is 19.2 Å².